The molecule has 0 spiro atoms. The molecule has 0 unspecified atom stereocenters. The number of aryl methyl sites for hydroxylation is 1. The number of benzene rings is 1. The fourth-order valence-electron chi connectivity index (χ4n) is 2.56. The molecular formula is C17H18FN3OS. The van der Waals surface area contributed by atoms with E-state index in [0.29, 0.717) is 13.1 Å². The summed E-state index contributed by atoms with van der Waals surface area (Å²) in [4.78, 5) is 20.4. The number of halogens is 1. The Morgan fingerprint density at radius 1 is 1.26 bits per heavy atom. The first-order chi connectivity index (χ1) is 11.0. The van der Waals surface area contributed by atoms with E-state index in [1.54, 1.807) is 17.0 Å². The Kier molecular flexibility index (Phi) is 4.17. The molecular weight excluding hydrogens is 313 g/mol. The molecule has 0 saturated heterocycles. The summed E-state index contributed by atoms with van der Waals surface area (Å²) < 4.78 is 15.0. The molecule has 2 aromatic heterocycles. The normalized spacial score (nSPS) is 11.1. The molecule has 120 valence electrons. The Hall–Kier alpha value is -2.21. The zero-order chi connectivity index (χ0) is 16.6. The van der Waals surface area contributed by atoms with Crippen LogP contribution in [0.5, 0.6) is 0 Å². The van der Waals surface area contributed by atoms with Gasteiger partial charge in [0, 0.05) is 30.5 Å². The molecule has 1 amide bonds. The molecule has 0 radical (unpaired) electrons. The van der Waals surface area contributed by atoms with Gasteiger partial charge in [-0.3, -0.25) is 9.20 Å². The van der Waals surface area contributed by atoms with Crippen LogP contribution >= 0.6 is 11.3 Å². The van der Waals surface area contributed by atoms with Crippen LogP contribution in [0.3, 0.4) is 0 Å². The number of carbonyl (C=O) groups excluding carboxylic acids is 1. The van der Waals surface area contributed by atoms with Gasteiger partial charge in [0.25, 0.3) is 5.91 Å². The maximum Gasteiger partial charge on any atom is 0.265 e. The lowest BCUT2D eigenvalue weighted by Crippen LogP contribution is -2.30. The van der Waals surface area contributed by atoms with Gasteiger partial charge in [0.2, 0.25) is 0 Å². The lowest BCUT2D eigenvalue weighted by atomic mass is 10.2. The first-order valence-electron chi connectivity index (χ1n) is 7.58. The molecule has 0 saturated carbocycles. The first-order valence-corrected chi connectivity index (χ1v) is 8.40. The van der Waals surface area contributed by atoms with Crippen molar-refractivity contribution in [2.24, 2.45) is 0 Å². The van der Waals surface area contributed by atoms with Gasteiger partial charge in [-0.1, -0.05) is 11.3 Å². The minimum absolute atomic E-state index is 0.0475. The average molecular weight is 331 g/mol. The van der Waals surface area contributed by atoms with Gasteiger partial charge >= 0.3 is 0 Å². The van der Waals surface area contributed by atoms with Crippen molar-refractivity contribution in [2.45, 2.75) is 20.8 Å². The second-order valence-corrected chi connectivity index (χ2v) is 6.26. The third kappa shape index (κ3) is 2.74. The number of carbonyl (C=O) groups is 1. The van der Waals surface area contributed by atoms with Gasteiger partial charge in [0.15, 0.2) is 4.96 Å². The van der Waals surface area contributed by atoms with Crippen molar-refractivity contribution < 1.29 is 9.18 Å². The molecule has 0 N–H and O–H groups in total. The highest BCUT2D eigenvalue weighted by molar-refractivity contribution is 7.19. The van der Waals surface area contributed by atoms with Gasteiger partial charge in [0.1, 0.15) is 10.7 Å². The minimum Gasteiger partial charge on any atom is -0.338 e. The largest absolute Gasteiger partial charge is 0.338 e. The molecule has 0 aliphatic rings. The zero-order valence-electron chi connectivity index (χ0n) is 13.3. The van der Waals surface area contributed by atoms with E-state index in [0.717, 1.165) is 26.8 Å². The minimum atomic E-state index is -0.266. The van der Waals surface area contributed by atoms with Crippen molar-refractivity contribution in [2.75, 3.05) is 13.1 Å². The highest BCUT2D eigenvalue weighted by Crippen LogP contribution is 2.28. The fraction of sp³-hybridized carbons (Fsp3) is 0.294. The molecule has 0 bridgehead atoms. The van der Waals surface area contributed by atoms with Crippen LogP contribution in [0, 0.1) is 12.7 Å². The first kappa shape index (κ1) is 15.7. The van der Waals surface area contributed by atoms with Gasteiger partial charge in [-0.15, -0.1) is 0 Å². The van der Waals surface area contributed by atoms with Crippen molar-refractivity contribution in [1.82, 2.24) is 14.3 Å². The van der Waals surface area contributed by atoms with Gasteiger partial charge in [-0.2, -0.15) is 0 Å². The maximum absolute atomic E-state index is 13.0. The Bertz CT molecular complexity index is 847. The predicted octanol–water partition coefficient (Wildman–Crippen LogP) is 3.99. The number of nitrogens with zero attached hydrogens (tertiary/aromatic N) is 3. The van der Waals surface area contributed by atoms with E-state index in [1.807, 2.05) is 31.4 Å². The van der Waals surface area contributed by atoms with Crippen LogP contribution in [-0.4, -0.2) is 33.3 Å². The summed E-state index contributed by atoms with van der Waals surface area (Å²) in [6, 6.07) is 6.26. The zero-order valence-corrected chi connectivity index (χ0v) is 14.2. The number of rotatable bonds is 4. The number of imidazole rings is 1. The number of fused-ring (bicyclic) bond motifs is 1. The summed E-state index contributed by atoms with van der Waals surface area (Å²) in [5.41, 5.74) is 2.53. The van der Waals surface area contributed by atoms with E-state index in [2.05, 4.69) is 4.98 Å². The highest BCUT2D eigenvalue weighted by Gasteiger charge is 2.21. The van der Waals surface area contributed by atoms with Crippen LogP contribution in [0.25, 0.3) is 16.2 Å². The van der Waals surface area contributed by atoms with Crippen LogP contribution in [0.1, 0.15) is 29.2 Å². The van der Waals surface area contributed by atoms with Crippen LogP contribution in [0.15, 0.2) is 30.5 Å². The van der Waals surface area contributed by atoms with Crippen molar-refractivity contribution in [3.8, 4) is 11.3 Å². The Morgan fingerprint density at radius 3 is 2.48 bits per heavy atom. The van der Waals surface area contributed by atoms with Crippen LogP contribution in [0.4, 0.5) is 4.39 Å². The molecule has 0 aliphatic carbocycles. The number of thiazole rings is 1. The smallest absolute Gasteiger partial charge is 0.265 e. The third-order valence-electron chi connectivity index (χ3n) is 3.94. The van der Waals surface area contributed by atoms with Crippen LogP contribution < -0.4 is 0 Å². The van der Waals surface area contributed by atoms with Crippen molar-refractivity contribution >= 4 is 22.2 Å². The number of amides is 1. The monoisotopic (exact) mass is 331 g/mol. The van der Waals surface area contributed by atoms with E-state index in [1.165, 1.54) is 23.5 Å². The molecule has 0 aliphatic heterocycles. The van der Waals surface area contributed by atoms with Crippen LogP contribution in [-0.2, 0) is 0 Å². The van der Waals surface area contributed by atoms with E-state index in [9.17, 15) is 9.18 Å². The van der Waals surface area contributed by atoms with Crippen molar-refractivity contribution in [3.05, 3.63) is 46.9 Å². The summed E-state index contributed by atoms with van der Waals surface area (Å²) in [5.74, 6) is -0.218. The standard InChI is InChI=1S/C17H18FN3OS/c1-4-20(5-2)16(22)15-11(3)21-10-14(19-17(21)23-15)12-6-8-13(18)9-7-12/h6-10H,4-5H2,1-3H3. The van der Waals surface area contributed by atoms with Crippen LogP contribution in [0.2, 0.25) is 0 Å². The predicted molar refractivity (Wildman–Crippen MR) is 90.5 cm³/mol. The molecule has 0 atom stereocenters. The van der Waals surface area contributed by atoms with E-state index in [-0.39, 0.29) is 11.7 Å². The molecule has 3 rings (SSSR count). The van der Waals surface area contributed by atoms with Gasteiger partial charge < -0.3 is 4.90 Å². The number of aromatic nitrogens is 2. The Labute approximate surface area is 138 Å². The van der Waals surface area contributed by atoms with E-state index in [4.69, 9.17) is 0 Å². The van der Waals surface area contributed by atoms with Gasteiger partial charge in [-0.25, -0.2) is 9.37 Å². The summed E-state index contributed by atoms with van der Waals surface area (Å²) in [6.45, 7) is 7.26. The molecule has 1 aromatic carbocycles. The second kappa shape index (κ2) is 6.12. The molecule has 4 nitrogen and oxygen atoms in total. The van der Waals surface area contributed by atoms with Crippen molar-refractivity contribution in [1.29, 1.82) is 0 Å². The van der Waals surface area contributed by atoms with Crippen molar-refractivity contribution in [3.63, 3.8) is 0 Å². The maximum atomic E-state index is 13.0. The summed E-state index contributed by atoms with van der Waals surface area (Å²) in [5, 5.41) is 0. The van der Waals surface area contributed by atoms with E-state index >= 15 is 0 Å². The van der Waals surface area contributed by atoms with Gasteiger partial charge in [-0.05, 0) is 45.0 Å². The molecule has 3 aromatic rings. The topological polar surface area (TPSA) is 37.6 Å². The summed E-state index contributed by atoms with van der Waals surface area (Å²) in [7, 11) is 0. The SMILES string of the molecule is CCN(CC)C(=O)c1sc2nc(-c3ccc(F)cc3)cn2c1C. The molecule has 23 heavy (non-hydrogen) atoms. The van der Waals surface area contributed by atoms with Gasteiger partial charge in [0.05, 0.1) is 5.69 Å². The number of hydrogen-bond acceptors (Lipinski definition) is 3. The third-order valence-corrected chi connectivity index (χ3v) is 5.09. The lowest BCUT2D eigenvalue weighted by molar-refractivity contribution is 0.0776. The Morgan fingerprint density at radius 2 is 1.91 bits per heavy atom. The fourth-order valence-corrected chi connectivity index (χ4v) is 3.64. The lowest BCUT2D eigenvalue weighted by Gasteiger charge is -2.17. The summed E-state index contributed by atoms with van der Waals surface area (Å²) in [6.07, 6.45) is 1.90. The average Bonchev–Trinajstić information content (AvgIpc) is 3.09. The summed E-state index contributed by atoms with van der Waals surface area (Å²) >= 11 is 1.40. The molecule has 6 heteroatoms. The molecule has 2 heterocycles. The highest BCUT2D eigenvalue weighted by atomic mass is 32.1. The molecule has 0 fully saturated rings. The Balaban J connectivity index is 2.00. The van der Waals surface area contributed by atoms with E-state index < -0.39 is 0 Å². The second-order valence-electron chi connectivity index (χ2n) is 5.28. The quantitative estimate of drug-likeness (QED) is 0.725. The number of hydrogen-bond donors (Lipinski definition) is 0.